The molecule has 2 aromatic rings. The van der Waals surface area contributed by atoms with Gasteiger partial charge in [-0.05, 0) is 38.8 Å². The van der Waals surface area contributed by atoms with Crippen LogP contribution in [0.25, 0.3) is 11.3 Å². The highest BCUT2D eigenvalue weighted by molar-refractivity contribution is 5.63. The Labute approximate surface area is 131 Å². The van der Waals surface area contributed by atoms with Crippen molar-refractivity contribution in [1.82, 2.24) is 15.0 Å². The fourth-order valence-electron chi connectivity index (χ4n) is 2.80. The maximum atomic E-state index is 4.67. The number of aromatic nitrogens is 3. The largest absolute Gasteiger partial charge is 0.368 e. The van der Waals surface area contributed by atoms with E-state index in [4.69, 9.17) is 0 Å². The smallest absolute Gasteiger partial charge is 0.225 e. The molecule has 1 fully saturated rings. The molecule has 1 aliphatic carbocycles. The van der Waals surface area contributed by atoms with Crippen molar-refractivity contribution in [2.75, 3.05) is 10.6 Å². The van der Waals surface area contributed by atoms with Crippen LogP contribution in [0.4, 0.5) is 11.8 Å². The topological polar surface area (TPSA) is 62.7 Å². The number of pyridine rings is 1. The van der Waals surface area contributed by atoms with E-state index in [9.17, 15) is 0 Å². The third kappa shape index (κ3) is 3.72. The summed E-state index contributed by atoms with van der Waals surface area (Å²) in [5.74, 6) is 1.56. The molecule has 2 aromatic heterocycles. The fourth-order valence-corrected chi connectivity index (χ4v) is 2.80. The number of nitrogens with zero attached hydrogens (tertiary/aromatic N) is 3. The van der Waals surface area contributed by atoms with Gasteiger partial charge in [-0.2, -0.15) is 4.98 Å². The van der Waals surface area contributed by atoms with Crippen LogP contribution in [-0.4, -0.2) is 27.0 Å². The minimum Gasteiger partial charge on any atom is -0.368 e. The Hall–Kier alpha value is -2.17. The lowest BCUT2D eigenvalue weighted by molar-refractivity contribution is 0.744. The predicted octanol–water partition coefficient (Wildman–Crippen LogP) is 3.71. The third-order valence-electron chi connectivity index (χ3n) is 3.81. The van der Waals surface area contributed by atoms with Crippen LogP contribution in [0.3, 0.4) is 0 Å². The van der Waals surface area contributed by atoms with Gasteiger partial charge in [-0.1, -0.05) is 12.8 Å². The Balaban J connectivity index is 1.90. The molecule has 0 spiro atoms. The Kier molecular flexibility index (Phi) is 4.51. The summed E-state index contributed by atoms with van der Waals surface area (Å²) in [6.07, 6.45) is 8.59. The summed E-state index contributed by atoms with van der Waals surface area (Å²) in [6.45, 7) is 4.21. The summed E-state index contributed by atoms with van der Waals surface area (Å²) in [7, 11) is 0. The lowest BCUT2D eigenvalue weighted by Crippen LogP contribution is -2.18. The first kappa shape index (κ1) is 14.8. The van der Waals surface area contributed by atoms with E-state index in [1.54, 1.807) is 6.20 Å². The zero-order chi connectivity index (χ0) is 15.4. The van der Waals surface area contributed by atoms with Crippen LogP contribution in [0, 0.1) is 0 Å². The molecule has 0 unspecified atom stereocenters. The van der Waals surface area contributed by atoms with Gasteiger partial charge in [0.05, 0.1) is 5.69 Å². The number of nitrogens with one attached hydrogen (secondary N) is 2. The number of hydrogen-bond donors (Lipinski definition) is 2. The van der Waals surface area contributed by atoms with Crippen LogP contribution >= 0.6 is 0 Å². The summed E-state index contributed by atoms with van der Waals surface area (Å²) in [5, 5.41) is 6.85. The standard InChI is InChI=1S/C17H23N5/c1-12(2)19-16-10-15(13-6-5-9-18-11-13)21-17(22-16)20-14-7-3-4-8-14/h5-6,9-12,14H,3-4,7-8H2,1-2H3,(H2,19,20,21,22). The molecule has 0 radical (unpaired) electrons. The van der Waals surface area contributed by atoms with Crippen LogP contribution < -0.4 is 10.6 Å². The van der Waals surface area contributed by atoms with Crippen molar-refractivity contribution in [3.8, 4) is 11.3 Å². The summed E-state index contributed by atoms with van der Waals surface area (Å²) in [5.41, 5.74) is 1.90. The van der Waals surface area contributed by atoms with Crippen molar-refractivity contribution in [3.05, 3.63) is 30.6 Å². The van der Waals surface area contributed by atoms with E-state index in [0.29, 0.717) is 18.0 Å². The van der Waals surface area contributed by atoms with Crippen LogP contribution in [0.5, 0.6) is 0 Å². The molecule has 1 saturated carbocycles. The SMILES string of the molecule is CC(C)Nc1cc(-c2cccnc2)nc(NC2CCCC2)n1. The third-order valence-corrected chi connectivity index (χ3v) is 3.81. The van der Waals surface area contributed by atoms with Crippen molar-refractivity contribution in [2.24, 2.45) is 0 Å². The van der Waals surface area contributed by atoms with Gasteiger partial charge in [-0.3, -0.25) is 4.98 Å². The van der Waals surface area contributed by atoms with Gasteiger partial charge in [0.15, 0.2) is 0 Å². The zero-order valence-electron chi connectivity index (χ0n) is 13.2. The molecule has 1 aliphatic rings. The van der Waals surface area contributed by atoms with Crippen LogP contribution in [-0.2, 0) is 0 Å². The molecule has 0 aromatic carbocycles. The molecule has 0 aliphatic heterocycles. The molecule has 5 heteroatoms. The highest BCUT2D eigenvalue weighted by Crippen LogP contribution is 2.24. The van der Waals surface area contributed by atoms with Crippen LogP contribution in [0.1, 0.15) is 39.5 Å². The molecule has 2 N–H and O–H groups in total. The fraction of sp³-hybridized carbons (Fsp3) is 0.471. The van der Waals surface area contributed by atoms with E-state index in [1.165, 1.54) is 25.7 Å². The molecule has 3 rings (SSSR count). The van der Waals surface area contributed by atoms with Gasteiger partial charge in [0, 0.05) is 36.1 Å². The maximum absolute atomic E-state index is 4.67. The average Bonchev–Trinajstić information content (AvgIpc) is 3.00. The summed E-state index contributed by atoms with van der Waals surface area (Å²) < 4.78 is 0. The van der Waals surface area contributed by atoms with E-state index < -0.39 is 0 Å². The molecular formula is C17H23N5. The van der Waals surface area contributed by atoms with E-state index >= 15 is 0 Å². The monoisotopic (exact) mass is 297 g/mol. The predicted molar refractivity (Wildman–Crippen MR) is 89.9 cm³/mol. The lowest BCUT2D eigenvalue weighted by atomic mass is 10.2. The van der Waals surface area contributed by atoms with Crippen molar-refractivity contribution in [3.63, 3.8) is 0 Å². The van der Waals surface area contributed by atoms with E-state index in [0.717, 1.165) is 17.1 Å². The molecule has 5 nitrogen and oxygen atoms in total. The zero-order valence-corrected chi connectivity index (χ0v) is 13.2. The molecule has 116 valence electrons. The van der Waals surface area contributed by atoms with E-state index in [1.807, 2.05) is 24.4 Å². The van der Waals surface area contributed by atoms with Crippen molar-refractivity contribution in [2.45, 2.75) is 51.6 Å². The number of rotatable bonds is 5. The quantitative estimate of drug-likeness (QED) is 0.880. The van der Waals surface area contributed by atoms with Gasteiger partial charge in [-0.15, -0.1) is 0 Å². The Morgan fingerprint density at radius 1 is 1.18 bits per heavy atom. The second-order valence-corrected chi connectivity index (χ2v) is 6.13. The van der Waals surface area contributed by atoms with Crippen molar-refractivity contribution < 1.29 is 0 Å². The minimum atomic E-state index is 0.330. The van der Waals surface area contributed by atoms with E-state index in [-0.39, 0.29) is 0 Å². The number of anilines is 2. The summed E-state index contributed by atoms with van der Waals surface area (Å²) >= 11 is 0. The van der Waals surface area contributed by atoms with Crippen LogP contribution in [0.2, 0.25) is 0 Å². The molecule has 22 heavy (non-hydrogen) atoms. The summed E-state index contributed by atoms with van der Waals surface area (Å²) in [4.78, 5) is 13.5. The first-order valence-corrected chi connectivity index (χ1v) is 8.03. The molecule has 0 atom stereocenters. The minimum absolute atomic E-state index is 0.330. The maximum Gasteiger partial charge on any atom is 0.225 e. The van der Waals surface area contributed by atoms with Gasteiger partial charge in [-0.25, -0.2) is 4.98 Å². The molecule has 0 amide bonds. The Morgan fingerprint density at radius 2 is 2.00 bits per heavy atom. The molecule has 2 heterocycles. The van der Waals surface area contributed by atoms with Crippen LogP contribution in [0.15, 0.2) is 30.6 Å². The van der Waals surface area contributed by atoms with Gasteiger partial charge in [0.2, 0.25) is 5.95 Å². The average molecular weight is 297 g/mol. The molecule has 0 bridgehead atoms. The van der Waals surface area contributed by atoms with Gasteiger partial charge < -0.3 is 10.6 Å². The molecular weight excluding hydrogens is 274 g/mol. The Morgan fingerprint density at radius 3 is 2.68 bits per heavy atom. The Bertz CT molecular complexity index is 606. The van der Waals surface area contributed by atoms with Gasteiger partial charge >= 0.3 is 0 Å². The first-order chi connectivity index (χ1) is 10.7. The summed E-state index contributed by atoms with van der Waals surface area (Å²) in [6, 6.07) is 6.76. The highest BCUT2D eigenvalue weighted by atomic mass is 15.2. The normalized spacial score (nSPS) is 15.2. The second kappa shape index (κ2) is 6.73. The van der Waals surface area contributed by atoms with Gasteiger partial charge in [0.1, 0.15) is 5.82 Å². The number of hydrogen-bond acceptors (Lipinski definition) is 5. The van der Waals surface area contributed by atoms with E-state index in [2.05, 4.69) is 39.4 Å². The van der Waals surface area contributed by atoms with Gasteiger partial charge in [0.25, 0.3) is 0 Å². The van der Waals surface area contributed by atoms with Crippen molar-refractivity contribution in [1.29, 1.82) is 0 Å². The second-order valence-electron chi connectivity index (χ2n) is 6.13. The first-order valence-electron chi connectivity index (χ1n) is 8.03. The molecule has 0 saturated heterocycles. The van der Waals surface area contributed by atoms with Crippen molar-refractivity contribution >= 4 is 11.8 Å². The highest BCUT2D eigenvalue weighted by Gasteiger charge is 2.16. The lowest BCUT2D eigenvalue weighted by Gasteiger charge is -2.16.